The summed E-state index contributed by atoms with van der Waals surface area (Å²) in [5.41, 5.74) is 1.02. The fraction of sp³-hybridized carbons (Fsp3) is 0.231. The van der Waals surface area contributed by atoms with Crippen molar-refractivity contribution in [1.82, 2.24) is 15.3 Å². The van der Waals surface area contributed by atoms with Crippen LogP contribution in [0.4, 0.5) is 0 Å². The molecule has 18 heavy (non-hydrogen) atoms. The number of hydrogen-bond donors (Lipinski definition) is 1. The summed E-state index contributed by atoms with van der Waals surface area (Å²) in [5.74, 6) is 0.582. The molecule has 2 rings (SSSR count). The van der Waals surface area contributed by atoms with Gasteiger partial charge in [0.05, 0.1) is 10.7 Å². The van der Waals surface area contributed by atoms with Gasteiger partial charge in [-0.2, -0.15) is 0 Å². The zero-order chi connectivity index (χ0) is 12.6. The molecule has 0 amide bonds. The highest BCUT2D eigenvalue weighted by atomic mass is 35.5. The molecule has 0 atom stereocenters. The van der Waals surface area contributed by atoms with Gasteiger partial charge in [0.25, 0.3) is 0 Å². The first kappa shape index (κ1) is 12.8. The third kappa shape index (κ3) is 4.31. The second kappa shape index (κ2) is 6.93. The molecule has 2 aromatic rings. The molecule has 2 aromatic heterocycles. The highest BCUT2D eigenvalue weighted by molar-refractivity contribution is 6.30. The Labute approximate surface area is 111 Å². The average molecular weight is 264 g/mol. The molecular formula is C13H14ClN3O. The molecule has 0 radical (unpaired) electrons. The Morgan fingerprint density at radius 2 is 2.11 bits per heavy atom. The van der Waals surface area contributed by atoms with Gasteiger partial charge in [-0.05, 0) is 18.2 Å². The highest BCUT2D eigenvalue weighted by Crippen LogP contribution is 2.10. The monoisotopic (exact) mass is 263 g/mol. The largest absolute Gasteiger partial charge is 0.476 e. The number of rotatable bonds is 6. The van der Waals surface area contributed by atoms with E-state index < -0.39 is 0 Å². The van der Waals surface area contributed by atoms with Crippen LogP contribution >= 0.6 is 11.6 Å². The molecule has 0 aliphatic carbocycles. The lowest BCUT2D eigenvalue weighted by Crippen LogP contribution is -2.21. The first-order chi connectivity index (χ1) is 8.84. The number of pyridine rings is 2. The van der Waals surface area contributed by atoms with Crippen LogP contribution in [0.15, 0.2) is 42.7 Å². The predicted molar refractivity (Wildman–Crippen MR) is 70.7 cm³/mol. The van der Waals surface area contributed by atoms with Gasteiger partial charge in [0.2, 0.25) is 5.88 Å². The third-order valence-electron chi connectivity index (χ3n) is 2.26. The van der Waals surface area contributed by atoms with Gasteiger partial charge in [-0.25, -0.2) is 4.98 Å². The molecule has 0 unspecified atom stereocenters. The molecule has 94 valence electrons. The molecule has 0 bridgehead atoms. The minimum atomic E-state index is 0.557. The average Bonchev–Trinajstić information content (AvgIpc) is 2.42. The first-order valence-corrected chi connectivity index (χ1v) is 6.07. The maximum Gasteiger partial charge on any atom is 0.213 e. The van der Waals surface area contributed by atoms with Crippen LogP contribution in [0.5, 0.6) is 5.88 Å². The first-order valence-electron chi connectivity index (χ1n) is 5.69. The lowest BCUT2D eigenvalue weighted by Gasteiger charge is -2.06. The molecule has 0 aliphatic rings. The maximum absolute atomic E-state index is 5.73. The minimum Gasteiger partial charge on any atom is -0.476 e. The van der Waals surface area contributed by atoms with Crippen LogP contribution in [0, 0.1) is 0 Å². The SMILES string of the molecule is Clc1ccc(OCCNCc2ccccn2)nc1. The molecule has 1 N–H and O–H groups in total. The van der Waals surface area contributed by atoms with Crippen LogP contribution in [-0.4, -0.2) is 23.1 Å². The van der Waals surface area contributed by atoms with E-state index in [1.54, 1.807) is 24.5 Å². The Kier molecular flexibility index (Phi) is 4.93. The molecule has 2 heterocycles. The van der Waals surface area contributed by atoms with Crippen molar-refractivity contribution in [1.29, 1.82) is 0 Å². The van der Waals surface area contributed by atoms with Crippen molar-refractivity contribution in [2.24, 2.45) is 0 Å². The number of hydrogen-bond acceptors (Lipinski definition) is 4. The van der Waals surface area contributed by atoms with Crippen molar-refractivity contribution in [3.8, 4) is 5.88 Å². The third-order valence-corrected chi connectivity index (χ3v) is 2.48. The lowest BCUT2D eigenvalue weighted by atomic mass is 10.3. The van der Waals surface area contributed by atoms with E-state index >= 15 is 0 Å². The summed E-state index contributed by atoms with van der Waals surface area (Å²) in [7, 11) is 0. The summed E-state index contributed by atoms with van der Waals surface area (Å²) in [6, 6.07) is 9.36. The number of halogens is 1. The summed E-state index contributed by atoms with van der Waals surface area (Å²) < 4.78 is 5.45. The van der Waals surface area contributed by atoms with Gasteiger partial charge >= 0.3 is 0 Å². The van der Waals surface area contributed by atoms with Crippen LogP contribution in [0.25, 0.3) is 0 Å². The second-order valence-electron chi connectivity index (χ2n) is 3.66. The lowest BCUT2D eigenvalue weighted by molar-refractivity contribution is 0.302. The fourth-order valence-electron chi connectivity index (χ4n) is 1.39. The van der Waals surface area contributed by atoms with E-state index in [-0.39, 0.29) is 0 Å². The Morgan fingerprint density at radius 1 is 1.17 bits per heavy atom. The summed E-state index contributed by atoms with van der Waals surface area (Å²) in [6.07, 6.45) is 3.35. The van der Waals surface area contributed by atoms with Crippen molar-refractivity contribution in [3.63, 3.8) is 0 Å². The van der Waals surface area contributed by atoms with Gasteiger partial charge < -0.3 is 10.1 Å². The Hall–Kier alpha value is -1.65. The Morgan fingerprint density at radius 3 is 2.83 bits per heavy atom. The summed E-state index contributed by atoms with van der Waals surface area (Å²) >= 11 is 5.73. The van der Waals surface area contributed by atoms with Gasteiger partial charge in [0, 0.05) is 31.5 Å². The quantitative estimate of drug-likeness (QED) is 0.813. The van der Waals surface area contributed by atoms with Crippen molar-refractivity contribution >= 4 is 11.6 Å². The van der Waals surface area contributed by atoms with Crippen molar-refractivity contribution in [3.05, 3.63) is 53.4 Å². The predicted octanol–water partition coefficient (Wildman–Crippen LogP) is 2.30. The topological polar surface area (TPSA) is 47.0 Å². The van der Waals surface area contributed by atoms with E-state index in [2.05, 4.69) is 15.3 Å². The van der Waals surface area contributed by atoms with Crippen molar-refractivity contribution < 1.29 is 4.74 Å². The summed E-state index contributed by atoms with van der Waals surface area (Å²) in [4.78, 5) is 8.25. The van der Waals surface area contributed by atoms with Crippen LogP contribution in [0.1, 0.15) is 5.69 Å². The second-order valence-corrected chi connectivity index (χ2v) is 4.10. The number of aromatic nitrogens is 2. The smallest absolute Gasteiger partial charge is 0.213 e. The van der Waals surface area contributed by atoms with E-state index in [9.17, 15) is 0 Å². The maximum atomic E-state index is 5.73. The minimum absolute atomic E-state index is 0.557. The van der Waals surface area contributed by atoms with E-state index in [0.29, 0.717) is 17.5 Å². The van der Waals surface area contributed by atoms with Crippen molar-refractivity contribution in [2.75, 3.05) is 13.2 Å². The molecule has 0 aliphatic heterocycles. The number of ether oxygens (including phenoxy) is 1. The van der Waals surface area contributed by atoms with Gasteiger partial charge in [-0.1, -0.05) is 17.7 Å². The van der Waals surface area contributed by atoms with E-state index in [4.69, 9.17) is 16.3 Å². The molecular weight excluding hydrogens is 250 g/mol. The zero-order valence-electron chi connectivity index (χ0n) is 9.84. The molecule has 0 saturated carbocycles. The summed E-state index contributed by atoms with van der Waals surface area (Å²) in [5, 5.41) is 3.85. The highest BCUT2D eigenvalue weighted by Gasteiger charge is 1.96. The van der Waals surface area contributed by atoms with Gasteiger partial charge in [-0.15, -0.1) is 0 Å². The van der Waals surface area contributed by atoms with Crippen LogP contribution in [0.2, 0.25) is 5.02 Å². The summed E-state index contributed by atoms with van der Waals surface area (Å²) in [6.45, 7) is 2.03. The molecule has 5 heteroatoms. The van der Waals surface area contributed by atoms with E-state index in [1.165, 1.54) is 0 Å². The molecule has 0 spiro atoms. The molecule has 0 aromatic carbocycles. The zero-order valence-corrected chi connectivity index (χ0v) is 10.6. The normalized spacial score (nSPS) is 10.3. The number of nitrogens with one attached hydrogen (secondary N) is 1. The van der Waals surface area contributed by atoms with Gasteiger partial charge in [-0.3, -0.25) is 4.98 Å². The van der Waals surface area contributed by atoms with Crippen LogP contribution in [-0.2, 0) is 6.54 Å². The van der Waals surface area contributed by atoms with Crippen molar-refractivity contribution in [2.45, 2.75) is 6.54 Å². The van der Waals surface area contributed by atoms with E-state index in [1.807, 2.05) is 18.2 Å². The van der Waals surface area contributed by atoms with Crippen LogP contribution in [0.3, 0.4) is 0 Å². The Bertz CT molecular complexity index is 461. The molecule has 0 fully saturated rings. The fourth-order valence-corrected chi connectivity index (χ4v) is 1.51. The standard InChI is InChI=1S/C13H14ClN3O/c14-11-4-5-13(17-9-11)18-8-7-15-10-12-3-1-2-6-16-12/h1-6,9,15H,7-8,10H2. The Balaban J connectivity index is 1.63. The number of nitrogens with zero attached hydrogens (tertiary/aromatic N) is 2. The van der Waals surface area contributed by atoms with Gasteiger partial charge in [0.15, 0.2) is 0 Å². The van der Waals surface area contributed by atoms with Gasteiger partial charge in [0.1, 0.15) is 6.61 Å². The van der Waals surface area contributed by atoms with Crippen LogP contribution < -0.4 is 10.1 Å². The van der Waals surface area contributed by atoms with E-state index in [0.717, 1.165) is 18.8 Å². The molecule has 4 nitrogen and oxygen atoms in total. The molecule has 0 saturated heterocycles.